The maximum absolute atomic E-state index is 12.4. The van der Waals surface area contributed by atoms with Gasteiger partial charge in [-0.3, -0.25) is 4.79 Å². The highest BCUT2D eigenvalue weighted by molar-refractivity contribution is 5.79. The van der Waals surface area contributed by atoms with Gasteiger partial charge in [0, 0.05) is 31.5 Å². The van der Waals surface area contributed by atoms with E-state index in [1.54, 1.807) is 6.20 Å². The molecule has 0 radical (unpaired) electrons. The van der Waals surface area contributed by atoms with E-state index in [4.69, 9.17) is 4.74 Å². The van der Waals surface area contributed by atoms with Crippen LogP contribution >= 0.6 is 0 Å². The molecule has 1 unspecified atom stereocenters. The summed E-state index contributed by atoms with van der Waals surface area (Å²) in [6, 6.07) is 9.84. The van der Waals surface area contributed by atoms with Crippen molar-refractivity contribution in [1.29, 1.82) is 0 Å². The van der Waals surface area contributed by atoms with Gasteiger partial charge < -0.3 is 10.1 Å². The number of carbonyl (C=O) groups is 1. The fourth-order valence-corrected chi connectivity index (χ4v) is 2.84. The molecule has 5 heteroatoms. The Balaban J connectivity index is 1.75. The van der Waals surface area contributed by atoms with E-state index in [1.807, 2.05) is 48.1 Å². The topological polar surface area (TPSA) is 56.1 Å². The fraction of sp³-hybridized carbons (Fsp3) is 0.412. The molecule has 1 aliphatic heterocycles. The van der Waals surface area contributed by atoms with E-state index < -0.39 is 0 Å². The molecule has 1 amide bonds. The summed E-state index contributed by atoms with van der Waals surface area (Å²) in [6.45, 7) is 3.37. The maximum Gasteiger partial charge on any atom is 0.223 e. The molecule has 1 N–H and O–H groups in total. The average Bonchev–Trinajstić information content (AvgIpc) is 3.10. The van der Waals surface area contributed by atoms with Gasteiger partial charge in [-0.25, -0.2) is 4.68 Å². The number of nitrogens with one attached hydrogen (secondary N) is 1. The Morgan fingerprint density at radius 2 is 2.09 bits per heavy atom. The summed E-state index contributed by atoms with van der Waals surface area (Å²) in [4.78, 5) is 12.4. The van der Waals surface area contributed by atoms with Gasteiger partial charge in [-0.15, -0.1) is 0 Å². The van der Waals surface area contributed by atoms with Gasteiger partial charge in [0.15, 0.2) is 0 Å². The lowest BCUT2D eigenvalue weighted by molar-refractivity contribution is -0.128. The average molecular weight is 299 g/mol. The van der Waals surface area contributed by atoms with Crippen LogP contribution in [0.3, 0.4) is 0 Å². The molecule has 1 aromatic heterocycles. The lowest BCUT2D eigenvalue weighted by Gasteiger charge is -2.24. The number of amides is 1. The molecular weight excluding hydrogens is 278 g/mol. The number of benzene rings is 1. The Hall–Kier alpha value is -2.14. The standard InChI is InChI=1S/C17H21N3O2/c1-13(19-17(21)14-7-11-22-12-8-14)15-5-2-3-6-16(15)20-10-4-9-18-20/h2-6,9-10,13-14H,7-8,11-12H2,1H3,(H,19,21). The zero-order chi connectivity index (χ0) is 15.4. The van der Waals surface area contributed by atoms with Crippen molar-refractivity contribution in [1.82, 2.24) is 15.1 Å². The van der Waals surface area contributed by atoms with Gasteiger partial charge in [0.25, 0.3) is 0 Å². The molecule has 2 heterocycles. The summed E-state index contributed by atoms with van der Waals surface area (Å²) in [7, 11) is 0. The molecule has 5 nitrogen and oxygen atoms in total. The number of para-hydroxylation sites is 1. The third kappa shape index (κ3) is 3.20. The summed E-state index contributed by atoms with van der Waals surface area (Å²) in [6.07, 6.45) is 5.27. The van der Waals surface area contributed by atoms with Crippen LogP contribution in [0.15, 0.2) is 42.7 Å². The first-order valence-electron chi connectivity index (χ1n) is 7.73. The number of carbonyl (C=O) groups excluding carboxylic acids is 1. The second-order valence-electron chi connectivity index (χ2n) is 5.63. The van der Waals surface area contributed by atoms with Crippen molar-refractivity contribution >= 4 is 5.91 Å². The maximum atomic E-state index is 12.4. The largest absolute Gasteiger partial charge is 0.381 e. The van der Waals surface area contributed by atoms with Crippen LogP contribution in [0.1, 0.15) is 31.4 Å². The van der Waals surface area contributed by atoms with Gasteiger partial charge in [0.1, 0.15) is 0 Å². The van der Waals surface area contributed by atoms with Gasteiger partial charge in [0.2, 0.25) is 5.91 Å². The number of ether oxygens (including phenoxy) is 1. The Kier molecular flexibility index (Phi) is 4.53. The summed E-state index contributed by atoms with van der Waals surface area (Å²) in [5.74, 6) is 0.180. The molecule has 2 aromatic rings. The predicted molar refractivity (Wildman–Crippen MR) is 83.7 cm³/mol. The van der Waals surface area contributed by atoms with Crippen LogP contribution in [0.4, 0.5) is 0 Å². The van der Waals surface area contributed by atoms with Crippen LogP contribution in [-0.4, -0.2) is 28.9 Å². The molecule has 22 heavy (non-hydrogen) atoms. The fourth-order valence-electron chi connectivity index (χ4n) is 2.84. The highest BCUT2D eigenvalue weighted by Gasteiger charge is 2.23. The second-order valence-corrected chi connectivity index (χ2v) is 5.63. The monoisotopic (exact) mass is 299 g/mol. The SMILES string of the molecule is CC(NC(=O)C1CCOCC1)c1ccccc1-n1cccn1. The minimum atomic E-state index is -0.0595. The molecule has 0 spiro atoms. The zero-order valence-corrected chi connectivity index (χ0v) is 12.7. The van der Waals surface area contributed by atoms with E-state index in [-0.39, 0.29) is 17.9 Å². The van der Waals surface area contributed by atoms with Crippen molar-refractivity contribution in [2.24, 2.45) is 5.92 Å². The van der Waals surface area contributed by atoms with Crippen LogP contribution in [0.2, 0.25) is 0 Å². The quantitative estimate of drug-likeness (QED) is 0.943. The van der Waals surface area contributed by atoms with Gasteiger partial charge >= 0.3 is 0 Å². The first-order chi connectivity index (χ1) is 10.8. The van der Waals surface area contributed by atoms with Crippen LogP contribution in [-0.2, 0) is 9.53 Å². The van der Waals surface area contributed by atoms with Gasteiger partial charge in [-0.1, -0.05) is 18.2 Å². The predicted octanol–water partition coefficient (Wildman–Crippen LogP) is 2.48. The molecule has 3 rings (SSSR count). The van der Waals surface area contributed by atoms with E-state index in [1.165, 1.54) is 0 Å². The number of nitrogens with zero attached hydrogens (tertiary/aromatic N) is 2. The number of rotatable bonds is 4. The van der Waals surface area contributed by atoms with Crippen molar-refractivity contribution in [3.63, 3.8) is 0 Å². The van der Waals surface area contributed by atoms with Crippen molar-refractivity contribution in [3.8, 4) is 5.69 Å². The molecule has 1 aliphatic rings. The number of hydrogen-bond donors (Lipinski definition) is 1. The minimum absolute atomic E-state index is 0.0595. The van der Waals surface area contributed by atoms with Gasteiger partial charge in [-0.2, -0.15) is 5.10 Å². The molecule has 1 aromatic carbocycles. The third-order valence-electron chi connectivity index (χ3n) is 4.11. The van der Waals surface area contributed by atoms with E-state index >= 15 is 0 Å². The van der Waals surface area contributed by atoms with Crippen molar-refractivity contribution in [2.75, 3.05) is 13.2 Å². The van der Waals surface area contributed by atoms with Gasteiger partial charge in [-0.05, 0) is 37.5 Å². The van der Waals surface area contributed by atoms with E-state index in [2.05, 4.69) is 10.4 Å². The Labute approximate surface area is 130 Å². The molecule has 1 fully saturated rings. The summed E-state index contributed by atoms with van der Waals surface area (Å²) in [5, 5.41) is 7.42. The van der Waals surface area contributed by atoms with E-state index in [0.717, 1.165) is 24.1 Å². The zero-order valence-electron chi connectivity index (χ0n) is 12.7. The molecule has 1 atom stereocenters. The summed E-state index contributed by atoms with van der Waals surface area (Å²) < 4.78 is 7.14. The minimum Gasteiger partial charge on any atom is -0.381 e. The van der Waals surface area contributed by atoms with Crippen LogP contribution < -0.4 is 5.32 Å². The molecule has 1 saturated heterocycles. The Bertz CT molecular complexity index is 619. The molecule has 116 valence electrons. The van der Waals surface area contributed by atoms with Crippen molar-refractivity contribution < 1.29 is 9.53 Å². The third-order valence-corrected chi connectivity index (χ3v) is 4.11. The second kappa shape index (κ2) is 6.75. The normalized spacial score (nSPS) is 17.1. The Morgan fingerprint density at radius 3 is 2.82 bits per heavy atom. The summed E-state index contributed by atoms with van der Waals surface area (Å²) in [5.41, 5.74) is 2.05. The summed E-state index contributed by atoms with van der Waals surface area (Å²) >= 11 is 0. The van der Waals surface area contributed by atoms with E-state index in [0.29, 0.717) is 13.2 Å². The number of hydrogen-bond acceptors (Lipinski definition) is 3. The highest BCUT2D eigenvalue weighted by atomic mass is 16.5. The lowest BCUT2D eigenvalue weighted by atomic mass is 9.98. The molecule has 0 bridgehead atoms. The Morgan fingerprint density at radius 1 is 1.32 bits per heavy atom. The van der Waals surface area contributed by atoms with Crippen LogP contribution in [0.5, 0.6) is 0 Å². The smallest absolute Gasteiger partial charge is 0.223 e. The number of aromatic nitrogens is 2. The van der Waals surface area contributed by atoms with Crippen LogP contribution in [0, 0.1) is 5.92 Å². The van der Waals surface area contributed by atoms with Crippen LogP contribution in [0.25, 0.3) is 5.69 Å². The lowest BCUT2D eigenvalue weighted by Crippen LogP contribution is -2.36. The highest BCUT2D eigenvalue weighted by Crippen LogP contribution is 2.22. The van der Waals surface area contributed by atoms with Crippen molar-refractivity contribution in [2.45, 2.75) is 25.8 Å². The molecular formula is C17H21N3O2. The first-order valence-corrected chi connectivity index (χ1v) is 7.73. The van der Waals surface area contributed by atoms with Gasteiger partial charge in [0.05, 0.1) is 11.7 Å². The van der Waals surface area contributed by atoms with E-state index in [9.17, 15) is 4.79 Å². The first kappa shape index (κ1) is 14.8. The van der Waals surface area contributed by atoms with Crippen molar-refractivity contribution in [3.05, 3.63) is 48.3 Å². The molecule has 0 saturated carbocycles. The molecule has 0 aliphatic carbocycles.